The molecular formula is C17H17FN2O. The first-order chi connectivity index (χ1) is 10.2. The van der Waals surface area contributed by atoms with Gasteiger partial charge in [-0.05, 0) is 41.3 Å². The molecule has 0 radical (unpaired) electrons. The molecule has 0 spiro atoms. The molecule has 1 heterocycles. The van der Waals surface area contributed by atoms with Gasteiger partial charge in [0.25, 0.3) is 5.91 Å². The largest absolute Gasteiger partial charge is 0.352 e. The van der Waals surface area contributed by atoms with E-state index in [9.17, 15) is 9.18 Å². The minimum atomic E-state index is -0.227. The zero-order valence-electron chi connectivity index (χ0n) is 11.7. The van der Waals surface area contributed by atoms with E-state index >= 15 is 0 Å². The molecule has 1 amide bonds. The third-order valence-electron chi connectivity index (χ3n) is 3.74. The average molecular weight is 284 g/mol. The number of carbonyl (C=O) groups is 1. The number of carbonyl (C=O) groups excluding carboxylic acids is 1. The number of fused-ring (bicyclic) bond motifs is 1. The highest BCUT2D eigenvalue weighted by molar-refractivity contribution is 5.94. The fourth-order valence-electron chi connectivity index (χ4n) is 2.55. The maximum absolute atomic E-state index is 13.5. The van der Waals surface area contributed by atoms with E-state index in [1.165, 1.54) is 17.2 Å². The Bertz CT molecular complexity index is 670. The number of benzene rings is 2. The van der Waals surface area contributed by atoms with Crippen LogP contribution in [0.2, 0.25) is 0 Å². The van der Waals surface area contributed by atoms with Crippen LogP contribution in [0.25, 0.3) is 0 Å². The first kappa shape index (κ1) is 13.8. The number of rotatable bonds is 4. The van der Waals surface area contributed by atoms with Crippen LogP contribution in [0.3, 0.4) is 0 Å². The first-order valence-electron chi connectivity index (χ1n) is 7.08. The van der Waals surface area contributed by atoms with Gasteiger partial charge in [0.2, 0.25) is 0 Å². The van der Waals surface area contributed by atoms with Crippen LogP contribution >= 0.6 is 0 Å². The molecule has 108 valence electrons. The van der Waals surface area contributed by atoms with E-state index < -0.39 is 0 Å². The molecule has 0 saturated heterocycles. The van der Waals surface area contributed by atoms with Crippen molar-refractivity contribution in [3.05, 3.63) is 70.5 Å². The van der Waals surface area contributed by atoms with Crippen molar-refractivity contribution in [1.82, 2.24) is 10.6 Å². The second kappa shape index (κ2) is 6.06. The van der Waals surface area contributed by atoms with Crippen LogP contribution < -0.4 is 10.6 Å². The van der Waals surface area contributed by atoms with Crippen molar-refractivity contribution < 1.29 is 9.18 Å². The number of hydrogen-bond acceptors (Lipinski definition) is 2. The summed E-state index contributed by atoms with van der Waals surface area (Å²) < 4.78 is 13.5. The summed E-state index contributed by atoms with van der Waals surface area (Å²) in [5.74, 6) is -0.337. The molecule has 1 aliphatic heterocycles. The molecule has 0 bridgehead atoms. The van der Waals surface area contributed by atoms with Gasteiger partial charge in [0.05, 0.1) is 0 Å². The lowest BCUT2D eigenvalue weighted by molar-refractivity contribution is 0.0954. The summed E-state index contributed by atoms with van der Waals surface area (Å²) in [7, 11) is 0. The molecule has 0 unspecified atom stereocenters. The van der Waals surface area contributed by atoms with Crippen molar-refractivity contribution in [2.24, 2.45) is 0 Å². The van der Waals surface area contributed by atoms with E-state index in [4.69, 9.17) is 0 Å². The summed E-state index contributed by atoms with van der Waals surface area (Å²) >= 11 is 0. The molecule has 0 saturated carbocycles. The molecule has 2 N–H and O–H groups in total. The summed E-state index contributed by atoms with van der Waals surface area (Å²) in [6.07, 6.45) is 0.491. The van der Waals surface area contributed by atoms with Gasteiger partial charge < -0.3 is 10.6 Å². The van der Waals surface area contributed by atoms with E-state index in [-0.39, 0.29) is 11.7 Å². The van der Waals surface area contributed by atoms with Crippen LogP contribution in [-0.4, -0.2) is 12.5 Å². The topological polar surface area (TPSA) is 41.1 Å². The second-order valence-electron chi connectivity index (χ2n) is 5.18. The first-order valence-corrected chi connectivity index (χ1v) is 7.08. The summed E-state index contributed by atoms with van der Waals surface area (Å²) in [5.41, 5.74) is 3.71. The molecule has 1 aliphatic rings. The lowest BCUT2D eigenvalue weighted by Crippen LogP contribution is -2.26. The van der Waals surface area contributed by atoms with Gasteiger partial charge >= 0.3 is 0 Å². The zero-order chi connectivity index (χ0) is 14.7. The highest BCUT2D eigenvalue weighted by Gasteiger charge is 2.13. The molecule has 0 fully saturated rings. The molecule has 2 aromatic carbocycles. The predicted octanol–water partition coefficient (Wildman–Crippen LogP) is 2.40. The van der Waals surface area contributed by atoms with Gasteiger partial charge in [0.1, 0.15) is 5.82 Å². The van der Waals surface area contributed by atoms with E-state index in [1.54, 1.807) is 18.2 Å². The van der Waals surface area contributed by atoms with E-state index in [1.807, 2.05) is 18.2 Å². The Kier molecular flexibility index (Phi) is 3.97. The van der Waals surface area contributed by atoms with Crippen LogP contribution in [-0.2, 0) is 19.5 Å². The summed E-state index contributed by atoms with van der Waals surface area (Å²) in [6, 6.07) is 12.4. The van der Waals surface area contributed by atoms with Crippen LogP contribution in [0, 0.1) is 5.82 Å². The third-order valence-corrected chi connectivity index (χ3v) is 3.74. The Labute approximate surface area is 123 Å². The van der Waals surface area contributed by atoms with E-state index in [0.717, 1.165) is 13.1 Å². The maximum Gasteiger partial charge on any atom is 0.251 e. The normalized spacial score (nSPS) is 13.0. The van der Waals surface area contributed by atoms with Gasteiger partial charge in [-0.2, -0.15) is 0 Å². The van der Waals surface area contributed by atoms with Crippen molar-refractivity contribution in [3.8, 4) is 0 Å². The maximum atomic E-state index is 13.5. The van der Waals surface area contributed by atoms with Gasteiger partial charge in [-0.15, -0.1) is 0 Å². The standard InChI is InChI=1S/C17H17FN2O/c18-16-4-2-1-3-12(16)7-8-20-17(21)13-5-6-14-10-19-11-15(14)9-13/h1-6,9,19H,7-8,10-11H2,(H,20,21). The van der Waals surface area contributed by atoms with Gasteiger partial charge in [0, 0.05) is 25.2 Å². The smallest absolute Gasteiger partial charge is 0.251 e. The van der Waals surface area contributed by atoms with Crippen molar-refractivity contribution in [3.63, 3.8) is 0 Å². The molecule has 0 aromatic heterocycles. The van der Waals surface area contributed by atoms with Crippen LogP contribution in [0.1, 0.15) is 27.0 Å². The van der Waals surface area contributed by atoms with E-state index in [0.29, 0.717) is 24.1 Å². The summed E-state index contributed by atoms with van der Waals surface area (Å²) in [4.78, 5) is 12.1. The van der Waals surface area contributed by atoms with Crippen LogP contribution in [0.4, 0.5) is 4.39 Å². The number of hydrogen-bond donors (Lipinski definition) is 2. The monoisotopic (exact) mass is 284 g/mol. The Morgan fingerprint density at radius 3 is 2.81 bits per heavy atom. The minimum absolute atomic E-state index is 0.110. The lowest BCUT2D eigenvalue weighted by atomic mass is 10.1. The average Bonchev–Trinajstić information content (AvgIpc) is 2.96. The molecule has 0 aliphatic carbocycles. The van der Waals surface area contributed by atoms with Gasteiger partial charge in [0.15, 0.2) is 0 Å². The molecule has 2 aromatic rings. The Morgan fingerprint density at radius 1 is 1.14 bits per heavy atom. The fraction of sp³-hybridized carbons (Fsp3) is 0.235. The van der Waals surface area contributed by atoms with Gasteiger partial charge in [-0.3, -0.25) is 4.79 Å². The number of halogens is 1. The van der Waals surface area contributed by atoms with Crippen molar-refractivity contribution >= 4 is 5.91 Å². The van der Waals surface area contributed by atoms with Crippen LogP contribution in [0.15, 0.2) is 42.5 Å². The Hall–Kier alpha value is -2.20. The number of nitrogens with one attached hydrogen (secondary N) is 2. The third kappa shape index (κ3) is 3.11. The second-order valence-corrected chi connectivity index (χ2v) is 5.18. The summed E-state index contributed by atoms with van der Waals surface area (Å²) in [5, 5.41) is 6.09. The Morgan fingerprint density at radius 2 is 1.95 bits per heavy atom. The quantitative estimate of drug-likeness (QED) is 0.905. The van der Waals surface area contributed by atoms with Crippen molar-refractivity contribution in [2.45, 2.75) is 19.5 Å². The lowest BCUT2D eigenvalue weighted by Gasteiger charge is -2.07. The summed E-state index contributed by atoms with van der Waals surface area (Å²) in [6.45, 7) is 2.10. The Balaban J connectivity index is 1.58. The number of amides is 1. The molecule has 21 heavy (non-hydrogen) atoms. The SMILES string of the molecule is O=C(NCCc1ccccc1F)c1ccc2c(c1)CNC2. The highest BCUT2D eigenvalue weighted by atomic mass is 19.1. The molecule has 4 heteroatoms. The van der Waals surface area contributed by atoms with Crippen LogP contribution in [0.5, 0.6) is 0 Å². The van der Waals surface area contributed by atoms with Crippen molar-refractivity contribution in [2.75, 3.05) is 6.54 Å². The predicted molar refractivity (Wildman–Crippen MR) is 79.4 cm³/mol. The van der Waals surface area contributed by atoms with Gasteiger partial charge in [-0.1, -0.05) is 24.3 Å². The zero-order valence-corrected chi connectivity index (χ0v) is 11.7. The molecule has 0 atom stereocenters. The highest BCUT2D eigenvalue weighted by Crippen LogP contribution is 2.17. The molecular weight excluding hydrogens is 267 g/mol. The molecule has 3 nitrogen and oxygen atoms in total. The van der Waals surface area contributed by atoms with Gasteiger partial charge in [-0.25, -0.2) is 4.39 Å². The molecule has 3 rings (SSSR count). The van der Waals surface area contributed by atoms with Crippen molar-refractivity contribution in [1.29, 1.82) is 0 Å². The van der Waals surface area contributed by atoms with E-state index in [2.05, 4.69) is 10.6 Å². The fourth-order valence-corrected chi connectivity index (χ4v) is 2.55. The minimum Gasteiger partial charge on any atom is -0.352 e.